The molecule has 31 heavy (non-hydrogen) atoms. The van der Waals surface area contributed by atoms with Crippen LogP contribution in [0.15, 0.2) is 63.4 Å². The first-order valence-electron chi connectivity index (χ1n) is 9.17. The Hall–Kier alpha value is -3.05. The van der Waals surface area contributed by atoms with Crippen molar-refractivity contribution >= 4 is 27.0 Å². The molecule has 0 spiro atoms. The molecule has 4 aromatic rings. The fourth-order valence-corrected chi connectivity index (χ4v) is 6.38. The predicted molar refractivity (Wildman–Crippen MR) is 109 cm³/mol. The molecule has 1 N–H and O–H groups in total. The number of benzene rings is 2. The monoisotopic (exact) mass is 465 g/mol. The molecule has 1 aliphatic heterocycles. The fraction of sp³-hybridized carbons (Fsp3) is 0.150. The molecule has 2 aromatic heterocycles. The van der Waals surface area contributed by atoms with Crippen LogP contribution in [0, 0.1) is 0 Å². The summed E-state index contributed by atoms with van der Waals surface area (Å²) in [5, 5.41) is 6.21. The van der Waals surface area contributed by atoms with Crippen molar-refractivity contribution in [3.05, 3.63) is 65.7 Å². The molecule has 2 aromatic carbocycles. The maximum absolute atomic E-state index is 13.2. The van der Waals surface area contributed by atoms with Crippen LogP contribution in [0.2, 0.25) is 0 Å². The van der Waals surface area contributed by atoms with Crippen molar-refractivity contribution in [3.8, 4) is 21.8 Å². The van der Waals surface area contributed by atoms with Crippen LogP contribution in [0.3, 0.4) is 0 Å². The number of alkyl halides is 3. The van der Waals surface area contributed by atoms with E-state index in [2.05, 4.69) is 14.9 Å². The van der Waals surface area contributed by atoms with Gasteiger partial charge in [-0.15, -0.1) is 11.3 Å². The molecule has 0 saturated carbocycles. The van der Waals surface area contributed by atoms with Crippen LogP contribution in [0.25, 0.3) is 21.8 Å². The number of rotatable bonds is 4. The average Bonchev–Trinajstić information content (AvgIpc) is 3.33. The lowest BCUT2D eigenvalue weighted by Crippen LogP contribution is -2.28. The number of nitrogens with zero attached hydrogens (tertiary/aromatic N) is 2. The van der Waals surface area contributed by atoms with Gasteiger partial charge in [0.2, 0.25) is 5.82 Å². The summed E-state index contributed by atoms with van der Waals surface area (Å²) in [5.74, 6) is 0.481. The minimum atomic E-state index is -4.39. The van der Waals surface area contributed by atoms with Crippen LogP contribution < -0.4 is 4.31 Å². The first-order chi connectivity index (χ1) is 14.7. The van der Waals surface area contributed by atoms with E-state index in [1.165, 1.54) is 22.5 Å². The number of H-pyrrole nitrogens is 1. The molecule has 0 radical (unpaired) electrons. The molecule has 1 aliphatic rings. The summed E-state index contributed by atoms with van der Waals surface area (Å²) >= 11 is 1.09. The zero-order valence-corrected chi connectivity index (χ0v) is 17.3. The second-order valence-electron chi connectivity index (χ2n) is 7.00. The highest BCUT2D eigenvalue weighted by molar-refractivity contribution is 7.94. The van der Waals surface area contributed by atoms with E-state index in [-0.39, 0.29) is 4.21 Å². The Morgan fingerprint density at radius 1 is 1.03 bits per heavy atom. The molecule has 160 valence electrons. The van der Waals surface area contributed by atoms with Crippen LogP contribution in [0.1, 0.15) is 11.1 Å². The normalized spacial score (nSPS) is 14.2. The number of nitrogens with one attached hydrogen (secondary N) is 1. The molecule has 0 atom stereocenters. The van der Waals surface area contributed by atoms with Crippen LogP contribution in [0.4, 0.5) is 18.9 Å². The zero-order chi connectivity index (χ0) is 21.8. The third-order valence-electron chi connectivity index (χ3n) is 5.12. The highest BCUT2D eigenvalue weighted by atomic mass is 32.2. The van der Waals surface area contributed by atoms with Gasteiger partial charge < -0.3 is 0 Å². The first kappa shape index (κ1) is 19.9. The molecule has 6 nitrogen and oxygen atoms in total. The number of sulfonamides is 1. The third kappa shape index (κ3) is 3.43. The number of hydrogen-bond acceptors (Lipinski definition) is 5. The average molecular weight is 465 g/mol. The van der Waals surface area contributed by atoms with E-state index in [4.69, 9.17) is 0 Å². The van der Waals surface area contributed by atoms with Crippen molar-refractivity contribution in [3.63, 3.8) is 0 Å². The Morgan fingerprint density at radius 3 is 2.39 bits per heavy atom. The van der Waals surface area contributed by atoms with Gasteiger partial charge >= 0.3 is 6.18 Å². The molecule has 0 unspecified atom stereocenters. The highest BCUT2D eigenvalue weighted by Crippen LogP contribution is 2.39. The number of halogens is 3. The van der Waals surface area contributed by atoms with Crippen molar-refractivity contribution in [2.45, 2.75) is 16.8 Å². The van der Waals surface area contributed by atoms with E-state index in [1.54, 1.807) is 18.2 Å². The third-order valence-corrected chi connectivity index (χ3v) is 8.49. The van der Waals surface area contributed by atoms with Gasteiger partial charge in [-0.2, -0.15) is 18.3 Å². The fourth-order valence-electron chi connectivity index (χ4n) is 3.53. The molecule has 0 amide bonds. The minimum absolute atomic E-state index is 0.193. The minimum Gasteiger partial charge on any atom is -0.267 e. The van der Waals surface area contributed by atoms with Crippen molar-refractivity contribution in [2.24, 2.45) is 0 Å². The van der Waals surface area contributed by atoms with Crippen LogP contribution in [0.5, 0.6) is 0 Å². The number of aromatic amines is 1. The summed E-state index contributed by atoms with van der Waals surface area (Å²) < 4.78 is 70.8. The molecule has 0 saturated heterocycles. The molecule has 0 bridgehead atoms. The van der Waals surface area contributed by atoms with E-state index >= 15 is 0 Å². The van der Waals surface area contributed by atoms with Gasteiger partial charge in [0, 0.05) is 6.54 Å². The van der Waals surface area contributed by atoms with Gasteiger partial charge in [0.1, 0.15) is 4.21 Å². The number of anilines is 1. The van der Waals surface area contributed by atoms with E-state index in [0.29, 0.717) is 34.9 Å². The molecule has 5 rings (SSSR count). The van der Waals surface area contributed by atoms with Crippen molar-refractivity contribution < 1.29 is 26.2 Å². The lowest BCUT2D eigenvalue weighted by Gasteiger charge is -2.18. The standard InChI is InChI=1S/C20H14F3N3O3S2/c21-20(22,23)15-4-1-12(2-5-15)13-3-6-16-14(11-13)9-10-26(16)31(27,28)18-8-7-17(30-18)19-24-29-25-19/h1-8,11H,9-10H2,(H,24,25). The zero-order valence-electron chi connectivity index (χ0n) is 15.7. The highest BCUT2D eigenvalue weighted by Gasteiger charge is 2.33. The summed E-state index contributed by atoms with van der Waals surface area (Å²) in [7, 11) is -3.75. The van der Waals surface area contributed by atoms with Gasteiger partial charge in [0.25, 0.3) is 10.0 Å². The number of thiophene rings is 1. The topological polar surface area (TPSA) is 79.2 Å². The van der Waals surface area contributed by atoms with Gasteiger partial charge in [-0.25, -0.2) is 8.42 Å². The SMILES string of the molecule is O=S(=O)(c1ccc(-c2no[nH]2)s1)N1CCc2cc(-c3ccc(C(F)(F)F)cc3)ccc21. The number of hydrogen-bond donors (Lipinski definition) is 1. The number of fused-ring (bicyclic) bond motifs is 1. The lowest BCUT2D eigenvalue weighted by molar-refractivity contribution is -0.137. The second-order valence-corrected chi connectivity index (χ2v) is 10.2. The molecule has 0 fully saturated rings. The van der Waals surface area contributed by atoms with Crippen LogP contribution >= 0.6 is 11.3 Å². The van der Waals surface area contributed by atoms with Gasteiger partial charge in [0.05, 0.1) is 16.1 Å². The Kier molecular flexibility index (Phi) is 4.48. The smallest absolute Gasteiger partial charge is 0.267 e. The molecule has 3 heterocycles. The lowest BCUT2D eigenvalue weighted by atomic mass is 10.0. The maximum Gasteiger partial charge on any atom is 0.416 e. The van der Waals surface area contributed by atoms with E-state index in [9.17, 15) is 21.6 Å². The first-order valence-corrected chi connectivity index (χ1v) is 11.4. The largest absolute Gasteiger partial charge is 0.416 e. The molecule has 0 aliphatic carbocycles. The quantitative estimate of drug-likeness (QED) is 0.451. The van der Waals surface area contributed by atoms with Crippen molar-refractivity contribution in [1.29, 1.82) is 0 Å². The predicted octanol–water partition coefficient (Wildman–Crippen LogP) is 5.17. The van der Waals surface area contributed by atoms with Crippen molar-refractivity contribution in [2.75, 3.05) is 10.8 Å². The maximum atomic E-state index is 13.2. The Bertz CT molecular complexity index is 1340. The molecular weight excluding hydrogens is 451 g/mol. The Morgan fingerprint density at radius 2 is 1.74 bits per heavy atom. The summed E-state index contributed by atoms with van der Waals surface area (Å²) in [6, 6.07) is 13.4. The van der Waals surface area contributed by atoms with Crippen LogP contribution in [-0.2, 0) is 22.6 Å². The number of aromatic nitrogens is 2. The van der Waals surface area contributed by atoms with E-state index in [0.717, 1.165) is 34.6 Å². The second kappa shape index (κ2) is 6.99. The Labute approximate surface area is 178 Å². The summed E-state index contributed by atoms with van der Waals surface area (Å²) in [4.78, 5) is 0.655. The summed E-state index contributed by atoms with van der Waals surface area (Å²) in [6.45, 7) is 0.295. The van der Waals surface area contributed by atoms with Crippen molar-refractivity contribution in [1.82, 2.24) is 10.3 Å². The summed E-state index contributed by atoms with van der Waals surface area (Å²) in [5.41, 5.74) is 2.07. The van der Waals surface area contributed by atoms with Gasteiger partial charge in [-0.05, 0) is 64.7 Å². The summed E-state index contributed by atoms with van der Waals surface area (Å²) in [6.07, 6.45) is -3.87. The van der Waals surface area contributed by atoms with E-state index in [1.807, 2.05) is 6.07 Å². The van der Waals surface area contributed by atoms with Gasteiger partial charge in [-0.3, -0.25) is 8.93 Å². The van der Waals surface area contributed by atoms with Gasteiger partial charge in [0.15, 0.2) is 0 Å². The Balaban J connectivity index is 1.43. The molecular formula is C20H14F3N3O3S2. The molecule has 11 heteroatoms. The van der Waals surface area contributed by atoms with E-state index < -0.39 is 21.8 Å². The van der Waals surface area contributed by atoms with Gasteiger partial charge in [-0.1, -0.05) is 18.2 Å². The van der Waals surface area contributed by atoms with Crippen LogP contribution in [-0.4, -0.2) is 25.3 Å².